The Morgan fingerprint density at radius 2 is 1.82 bits per heavy atom. The fraction of sp³-hybridized carbons (Fsp3) is 0.0526. The van der Waals surface area contributed by atoms with Crippen molar-refractivity contribution < 1.29 is 12.8 Å². The van der Waals surface area contributed by atoms with Crippen molar-refractivity contribution >= 4 is 49.0 Å². The maximum absolute atomic E-state index is 13.1. The van der Waals surface area contributed by atoms with Crippen LogP contribution in [0.3, 0.4) is 0 Å². The van der Waals surface area contributed by atoms with E-state index in [9.17, 15) is 12.8 Å². The number of benzene rings is 2. The summed E-state index contributed by atoms with van der Waals surface area (Å²) in [6.07, 6.45) is 1.51. The van der Waals surface area contributed by atoms with Crippen LogP contribution in [-0.2, 0) is 10.0 Å². The lowest BCUT2D eigenvalue weighted by atomic mass is 10.3. The molecule has 0 unspecified atom stereocenters. The van der Waals surface area contributed by atoms with Gasteiger partial charge in [0.2, 0.25) is 0 Å². The zero-order chi connectivity index (χ0) is 19.7. The van der Waals surface area contributed by atoms with Crippen molar-refractivity contribution in [3.8, 4) is 0 Å². The Bertz CT molecular complexity index is 1260. The summed E-state index contributed by atoms with van der Waals surface area (Å²) in [5.41, 5.74) is 1.50. The molecule has 28 heavy (non-hydrogen) atoms. The van der Waals surface area contributed by atoms with Crippen LogP contribution in [0.2, 0.25) is 0 Å². The maximum atomic E-state index is 13.1. The first-order valence-electron chi connectivity index (χ1n) is 8.18. The van der Waals surface area contributed by atoms with Crippen molar-refractivity contribution in [2.75, 3.05) is 4.72 Å². The summed E-state index contributed by atoms with van der Waals surface area (Å²) in [7, 11) is -3.85. The molecule has 0 aliphatic carbocycles. The first-order valence-corrected chi connectivity index (χ1v) is 11.4. The molecule has 0 aliphatic rings. The Labute approximate surface area is 169 Å². The van der Waals surface area contributed by atoms with E-state index in [2.05, 4.69) is 14.7 Å². The average molecular weight is 432 g/mol. The number of aromatic nitrogens is 2. The van der Waals surface area contributed by atoms with Gasteiger partial charge in [0, 0.05) is 10.3 Å². The number of hydrogen-bond donors (Lipinski definition) is 1. The number of anilines is 1. The Balaban J connectivity index is 1.69. The number of rotatable bonds is 5. The molecule has 0 atom stereocenters. The lowest BCUT2D eigenvalue weighted by molar-refractivity contribution is 0.599. The molecule has 0 fully saturated rings. The molecule has 142 valence electrons. The second-order valence-electron chi connectivity index (χ2n) is 5.94. The smallest absolute Gasteiger partial charge is 0.261 e. The minimum absolute atomic E-state index is 0.00758. The van der Waals surface area contributed by atoms with E-state index in [1.807, 2.05) is 24.4 Å². The van der Waals surface area contributed by atoms with Crippen LogP contribution in [0.5, 0.6) is 0 Å². The topological polar surface area (TPSA) is 72.0 Å². The number of fused-ring (bicyclic) bond motifs is 1. The van der Waals surface area contributed by atoms with Crippen LogP contribution in [0.25, 0.3) is 10.2 Å². The minimum Gasteiger partial charge on any atom is -0.278 e. The molecule has 4 aromatic rings. The maximum Gasteiger partial charge on any atom is 0.261 e. The highest BCUT2D eigenvalue weighted by atomic mass is 32.2. The first-order chi connectivity index (χ1) is 13.4. The van der Waals surface area contributed by atoms with Gasteiger partial charge in [-0.3, -0.25) is 4.72 Å². The van der Waals surface area contributed by atoms with Crippen molar-refractivity contribution in [1.29, 1.82) is 0 Å². The highest BCUT2D eigenvalue weighted by Gasteiger charge is 2.18. The highest BCUT2D eigenvalue weighted by Crippen LogP contribution is 2.38. The first kappa shape index (κ1) is 18.9. The molecule has 0 spiro atoms. The molecule has 0 saturated carbocycles. The Morgan fingerprint density at radius 3 is 2.61 bits per heavy atom. The number of nitrogens with one attached hydrogen (secondary N) is 1. The predicted molar refractivity (Wildman–Crippen MR) is 110 cm³/mol. The van der Waals surface area contributed by atoms with Gasteiger partial charge in [-0.1, -0.05) is 23.9 Å². The Morgan fingerprint density at radius 1 is 1.07 bits per heavy atom. The van der Waals surface area contributed by atoms with E-state index < -0.39 is 15.8 Å². The van der Waals surface area contributed by atoms with Gasteiger partial charge in [-0.2, -0.15) is 0 Å². The van der Waals surface area contributed by atoms with Crippen molar-refractivity contribution in [1.82, 2.24) is 9.97 Å². The summed E-state index contributed by atoms with van der Waals surface area (Å²) < 4.78 is 41.1. The van der Waals surface area contributed by atoms with Gasteiger partial charge in [-0.15, -0.1) is 11.3 Å². The van der Waals surface area contributed by atoms with Crippen LogP contribution in [-0.4, -0.2) is 18.4 Å². The molecule has 2 heterocycles. The fourth-order valence-electron chi connectivity index (χ4n) is 2.62. The number of para-hydroxylation sites is 1. The normalized spacial score (nSPS) is 11.6. The molecule has 1 N–H and O–H groups in total. The Hall–Kier alpha value is -2.49. The van der Waals surface area contributed by atoms with Gasteiger partial charge in [0.25, 0.3) is 10.0 Å². The third kappa shape index (κ3) is 3.73. The second-order valence-corrected chi connectivity index (χ2v) is 9.51. The number of halogens is 1. The molecule has 0 bridgehead atoms. The van der Waals surface area contributed by atoms with E-state index in [0.29, 0.717) is 10.6 Å². The monoisotopic (exact) mass is 431 g/mol. The molecule has 0 aliphatic heterocycles. The molecule has 0 amide bonds. The summed E-state index contributed by atoms with van der Waals surface area (Å²) in [5.74, 6) is -0.492. The van der Waals surface area contributed by atoms with Crippen molar-refractivity contribution in [2.45, 2.75) is 21.7 Å². The molecule has 0 radical (unpaired) electrons. The van der Waals surface area contributed by atoms with Crippen LogP contribution in [0, 0.1) is 12.7 Å². The third-order valence-electron chi connectivity index (χ3n) is 3.98. The number of thiophene rings is 1. The van der Waals surface area contributed by atoms with Crippen LogP contribution >= 0.6 is 23.1 Å². The molecule has 2 aromatic carbocycles. The standard InChI is InChI=1S/C19H14FN3O2S3/c1-12-10-26-18-17(12)19(22-11-21-18)27-16-5-3-2-4-15(16)23-28(24,25)14-8-6-13(20)7-9-14/h2-11,23H,1H3. The summed E-state index contributed by atoms with van der Waals surface area (Å²) in [5, 5.41) is 3.75. The quantitative estimate of drug-likeness (QED) is 0.446. The van der Waals surface area contributed by atoms with Crippen molar-refractivity contribution in [2.24, 2.45) is 0 Å². The molecule has 2 aromatic heterocycles. The predicted octanol–water partition coefficient (Wildman–Crippen LogP) is 5.09. The van der Waals surface area contributed by atoms with Crippen LogP contribution in [0.15, 0.2) is 75.1 Å². The van der Waals surface area contributed by atoms with Gasteiger partial charge < -0.3 is 0 Å². The Kier molecular flexibility index (Phi) is 5.05. The third-order valence-corrected chi connectivity index (χ3v) is 7.45. The van der Waals surface area contributed by atoms with Crippen molar-refractivity contribution in [3.63, 3.8) is 0 Å². The lowest BCUT2D eigenvalue weighted by Gasteiger charge is -2.12. The van der Waals surface area contributed by atoms with Crippen LogP contribution in [0.4, 0.5) is 10.1 Å². The second kappa shape index (κ2) is 7.50. The van der Waals surface area contributed by atoms with Crippen molar-refractivity contribution in [3.05, 3.63) is 71.6 Å². The van der Waals surface area contributed by atoms with Gasteiger partial charge in [0.1, 0.15) is 22.0 Å². The number of aryl methyl sites for hydroxylation is 1. The number of hydrogen-bond acceptors (Lipinski definition) is 6. The average Bonchev–Trinajstić information content (AvgIpc) is 3.06. The largest absolute Gasteiger partial charge is 0.278 e. The number of sulfonamides is 1. The summed E-state index contributed by atoms with van der Waals surface area (Å²) >= 11 is 2.91. The van der Waals surface area contributed by atoms with Gasteiger partial charge in [-0.25, -0.2) is 22.8 Å². The fourth-order valence-corrected chi connectivity index (χ4v) is 5.77. The summed E-state index contributed by atoms with van der Waals surface area (Å²) in [4.78, 5) is 10.3. The molecule has 5 nitrogen and oxygen atoms in total. The van der Waals surface area contributed by atoms with E-state index >= 15 is 0 Å². The molecule has 0 saturated heterocycles. The molecule has 4 rings (SSSR count). The van der Waals surface area contributed by atoms with Gasteiger partial charge in [-0.05, 0) is 54.3 Å². The van der Waals surface area contributed by atoms with E-state index in [0.717, 1.165) is 32.9 Å². The summed E-state index contributed by atoms with van der Waals surface area (Å²) in [6, 6.07) is 11.8. The number of nitrogens with zero attached hydrogens (tertiary/aromatic N) is 2. The van der Waals surface area contributed by atoms with E-state index in [1.165, 1.54) is 30.2 Å². The van der Waals surface area contributed by atoms with Gasteiger partial charge in [0.15, 0.2) is 0 Å². The van der Waals surface area contributed by atoms with Gasteiger partial charge >= 0.3 is 0 Å². The van der Waals surface area contributed by atoms with Gasteiger partial charge in [0.05, 0.1) is 10.6 Å². The molecular formula is C19H14FN3O2S3. The lowest BCUT2D eigenvalue weighted by Crippen LogP contribution is -2.13. The molecular weight excluding hydrogens is 417 g/mol. The van der Waals surface area contributed by atoms with E-state index in [1.54, 1.807) is 23.5 Å². The zero-order valence-corrected chi connectivity index (χ0v) is 17.0. The minimum atomic E-state index is -3.85. The summed E-state index contributed by atoms with van der Waals surface area (Å²) in [6.45, 7) is 2.00. The van der Waals surface area contributed by atoms with E-state index in [-0.39, 0.29) is 4.90 Å². The zero-order valence-electron chi connectivity index (χ0n) is 14.6. The van der Waals surface area contributed by atoms with Crippen LogP contribution < -0.4 is 4.72 Å². The molecule has 9 heteroatoms. The SMILES string of the molecule is Cc1csc2ncnc(Sc3ccccc3NS(=O)(=O)c3ccc(F)cc3)c12. The van der Waals surface area contributed by atoms with Crippen LogP contribution in [0.1, 0.15) is 5.56 Å². The van der Waals surface area contributed by atoms with E-state index in [4.69, 9.17) is 0 Å². The highest BCUT2D eigenvalue weighted by molar-refractivity contribution is 7.99.